The van der Waals surface area contributed by atoms with Gasteiger partial charge in [-0.2, -0.15) is 4.98 Å². The molecule has 0 fully saturated rings. The van der Waals surface area contributed by atoms with Crippen LogP contribution in [-0.4, -0.2) is 13.4 Å². The zero-order valence-electron chi connectivity index (χ0n) is 10.4. The van der Waals surface area contributed by atoms with Crippen LogP contribution in [0.1, 0.15) is 0 Å². The van der Waals surface area contributed by atoms with Gasteiger partial charge in [-0.25, -0.2) is 8.42 Å². The molecule has 5 heteroatoms. The lowest BCUT2D eigenvalue weighted by molar-refractivity contribution is 0.557. The number of hydrogen-bond donors (Lipinski definition) is 0. The highest BCUT2D eigenvalue weighted by molar-refractivity contribution is 7.91. The van der Waals surface area contributed by atoms with E-state index in [-0.39, 0.29) is 15.8 Å². The van der Waals surface area contributed by atoms with Crippen molar-refractivity contribution in [3.05, 3.63) is 66.9 Å². The number of rotatable bonds is 3. The normalized spacial score (nSPS) is 11.4. The molecule has 1 radical (unpaired) electrons. The van der Waals surface area contributed by atoms with Crippen molar-refractivity contribution in [2.24, 2.45) is 0 Å². The average molecular weight is 284 g/mol. The first kappa shape index (κ1) is 12.6. The highest BCUT2D eigenvalue weighted by Crippen LogP contribution is 2.23. The lowest BCUT2D eigenvalue weighted by atomic mass is 10.2. The Balaban J connectivity index is 2.03. The first-order chi connectivity index (χ1) is 9.68. The van der Waals surface area contributed by atoms with Gasteiger partial charge in [0.2, 0.25) is 27.0 Å². The Morgan fingerprint density at radius 2 is 1.50 bits per heavy atom. The van der Waals surface area contributed by atoms with Crippen LogP contribution in [0.25, 0.3) is 11.5 Å². The van der Waals surface area contributed by atoms with E-state index in [4.69, 9.17) is 4.42 Å². The minimum atomic E-state index is -3.69. The Bertz CT molecular complexity index is 809. The summed E-state index contributed by atoms with van der Waals surface area (Å²) in [5.74, 6) is 0.236. The molecule has 0 saturated heterocycles. The largest absolute Gasteiger partial charge is 0.431 e. The average Bonchev–Trinajstić information content (AvgIpc) is 3.00. The predicted molar refractivity (Wildman–Crippen MR) is 72.7 cm³/mol. The molecule has 0 aliphatic carbocycles. The summed E-state index contributed by atoms with van der Waals surface area (Å²) in [6.45, 7) is 0. The van der Waals surface area contributed by atoms with Crippen LogP contribution in [0, 0.1) is 6.26 Å². The maximum atomic E-state index is 12.3. The molecule has 0 aliphatic rings. The number of hydrogen-bond acceptors (Lipinski definition) is 4. The van der Waals surface area contributed by atoms with Crippen LogP contribution in [-0.2, 0) is 9.84 Å². The molecule has 1 heterocycles. The molecular weight excluding hydrogens is 274 g/mol. The number of oxazole rings is 1. The zero-order chi connectivity index (χ0) is 14.0. The van der Waals surface area contributed by atoms with Crippen molar-refractivity contribution >= 4 is 9.84 Å². The van der Waals surface area contributed by atoms with Gasteiger partial charge in [-0.3, -0.25) is 0 Å². The van der Waals surface area contributed by atoms with Crippen LogP contribution in [0.15, 0.2) is 75.0 Å². The molecule has 0 amide bonds. The van der Waals surface area contributed by atoms with Gasteiger partial charge in [0.15, 0.2) is 0 Å². The van der Waals surface area contributed by atoms with Crippen molar-refractivity contribution in [1.82, 2.24) is 4.98 Å². The van der Waals surface area contributed by atoms with E-state index in [2.05, 4.69) is 11.2 Å². The Morgan fingerprint density at radius 1 is 0.900 bits per heavy atom. The highest BCUT2D eigenvalue weighted by Gasteiger charge is 2.23. The van der Waals surface area contributed by atoms with E-state index in [9.17, 15) is 8.42 Å². The molecule has 0 bridgehead atoms. The minimum absolute atomic E-state index is 0.171. The third kappa shape index (κ3) is 2.23. The van der Waals surface area contributed by atoms with Crippen molar-refractivity contribution in [3.63, 3.8) is 0 Å². The van der Waals surface area contributed by atoms with E-state index < -0.39 is 9.84 Å². The van der Waals surface area contributed by atoms with Crippen molar-refractivity contribution in [1.29, 1.82) is 0 Å². The van der Waals surface area contributed by atoms with Crippen molar-refractivity contribution in [2.75, 3.05) is 0 Å². The molecule has 0 spiro atoms. The van der Waals surface area contributed by atoms with Crippen LogP contribution in [0.3, 0.4) is 0 Å². The number of benzene rings is 2. The molecule has 3 aromatic rings. The number of aromatic nitrogens is 1. The smallest absolute Gasteiger partial charge is 0.228 e. The first-order valence-corrected chi connectivity index (χ1v) is 7.40. The monoisotopic (exact) mass is 284 g/mol. The van der Waals surface area contributed by atoms with E-state index in [1.54, 1.807) is 30.3 Å². The van der Waals surface area contributed by atoms with Gasteiger partial charge in [0.05, 0.1) is 4.90 Å². The maximum absolute atomic E-state index is 12.3. The van der Waals surface area contributed by atoms with E-state index in [0.29, 0.717) is 5.56 Å². The molecule has 0 N–H and O–H groups in total. The summed E-state index contributed by atoms with van der Waals surface area (Å²) in [4.78, 5) is 4.19. The summed E-state index contributed by atoms with van der Waals surface area (Å²) in [5.41, 5.74) is 0.707. The Labute approximate surface area is 116 Å². The molecule has 0 atom stereocenters. The van der Waals surface area contributed by atoms with E-state index in [1.807, 2.05) is 18.2 Å². The first-order valence-electron chi connectivity index (χ1n) is 5.92. The summed E-state index contributed by atoms with van der Waals surface area (Å²) in [7, 11) is -3.69. The summed E-state index contributed by atoms with van der Waals surface area (Å²) in [6, 6.07) is 17.2. The third-order valence-electron chi connectivity index (χ3n) is 2.77. The summed E-state index contributed by atoms with van der Waals surface area (Å²) < 4.78 is 29.8. The molecule has 2 aromatic carbocycles. The predicted octanol–water partition coefficient (Wildman–Crippen LogP) is 2.97. The van der Waals surface area contributed by atoms with Gasteiger partial charge in [0.25, 0.3) is 0 Å². The Morgan fingerprint density at radius 3 is 2.15 bits per heavy atom. The molecule has 20 heavy (non-hydrogen) atoms. The van der Waals surface area contributed by atoms with Crippen LogP contribution in [0.4, 0.5) is 0 Å². The van der Waals surface area contributed by atoms with Gasteiger partial charge in [-0.15, -0.1) is 0 Å². The molecular formula is C15H10NO3S. The molecule has 3 rings (SSSR count). The van der Waals surface area contributed by atoms with E-state index in [1.165, 1.54) is 12.1 Å². The number of nitrogens with zero attached hydrogens (tertiary/aromatic N) is 1. The number of sulfone groups is 1. The van der Waals surface area contributed by atoms with Crippen LogP contribution in [0.5, 0.6) is 0 Å². The molecule has 0 aliphatic heterocycles. The Kier molecular flexibility index (Phi) is 3.12. The van der Waals surface area contributed by atoms with Crippen molar-refractivity contribution in [3.8, 4) is 11.5 Å². The summed E-state index contributed by atoms with van der Waals surface area (Å²) in [5, 5.41) is -0.206. The molecule has 1 aromatic heterocycles. The zero-order valence-corrected chi connectivity index (χ0v) is 11.2. The van der Waals surface area contributed by atoms with Crippen molar-refractivity contribution < 1.29 is 12.8 Å². The fraction of sp³-hybridized carbons (Fsp3) is 0. The van der Waals surface area contributed by atoms with E-state index in [0.717, 1.165) is 0 Å². The van der Waals surface area contributed by atoms with Gasteiger partial charge in [-0.1, -0.05) is 36.4 Å². The SMILES string of the molecule is O=S(=O)(c1ccccc1)c1[c]oc(-c2ccccc2)n1. The van der Waals surface area contributed by atoms with Gasteiger partial charge < -0.3 is 4.42 Å². The second-order valence-electron chi connectivity index (χ2n) is 4.11. The second-order valence-corrected chi connectivity index (χ2v) is 5.97. The van der Waals surface area contributed by atoms with Gasteiger partial charge in [0, 0.05) is 5.56 Å². The molecule has 0 saturated carbocycles. The molecule has 99 valence electrons. The lowest BCUT2D eigenvalue weighted by Gasteiger charge is -1.98. The molecule has 4 nitrogen and oxygen atoms in total. The minimum Gasteiger partial charge on any atom is -0.431 e. The summed E-state index contributed by atoms with van der Waals surface area (Å²) >= 11 is 0. The second kappa shape index (κ2) is 4.94. The van der Waals surface area contributed by atoms with Gasteiger partial charge in [-0.05, 0) is 24.3 Å². The lowest BCUT2D eigenvalue weighted by Crippen LogP contribution is -2.02. The Hall–Kier alpha value is -2.40. The third-order valence-corrected chi connectivity index (χ3v) is 4.34. The quantitative estimate of drug-likeness (QED) is 0.742. The van der Waals surface area contributed by atoms with Crippen LogP contribution in [0.2, 0.25) is 0 Å². The fourth-order valence-corrected chi connectivity index (χ4v) is 2.85. The van der Waals surface area contributed by atoms with E-state index >= 15 is 0 Å². The standard InChI is InChI=1S/C15H10NO3S/c17-20(18,13-9-5-2-6-10-13)14-11-19-15(16-14)12-7-3-1-4-8-12/h1-10H. The molecule has 0 unspecified atom stereocenters. The van der Waals surface area contributed by atoms with Crippen LogP contribution < -0.4 is 0 Å². The maximum Gasteiger partial charge on any atom is 0.228 e. The summed E-state index contributed by atoms with van der Waals surface area (Å²) in [6.07, 6.45) is 2.37. The van der Waals surface area contributed by atoms with Crippen LogP contribution >= 0.6 is 0 Å². The topological polar surface area (TPSA) is 60.2 Å². The highest BCUT2D eigenvalue weighted by atomic mass is 32.2. The van der Waals surface area contributed by atoms with Gasteiger partial charge >= 0.3 is 0 Å². The fourth-order valence-electron chi connectivity index (χ4n) is 1.76. The van der Waals surface area contributed by atoms with Gasteiger partial charge in [0.1, 0.15) is 0 Å². The van der Waals surface area contributed by atoms with Crippen molar-refractivity contribution in [2.45, 2.75) is 9.92 Å².